The first-order valence-corrected chi connectivity index (χ1v) is 10.3. The summed E-state index contributed by atoms with van der Waals surface area (Å²) < 4.78 is 0. The second-order valence-electron chi connectivity index (χ2n) is 7.12. The van der Waals surface area contributed by atoms with Gasteiger partial charge in [0.15, 0.2) is 0 Å². The molecule has 0 unspecified atom stereocenters. The third-order valence-corrected chi connectivity index (χ3v) is 6.15. The molecule has 2 heterocycles. The molecule has 0 aromatic carbocycles. The Kier molecular flexibility index (Phi) is 11.0. The highest BCUT2D eigenvalue weighted by Crippen LogP contribution is 2.25. The van der Waals surface area contributed by atoms with Gasteiger partial charge in [0.05, 0.1) is 5.01 Å². The van der Waals surface area contributed by atoms with Crippen LogP contribution in [0.1, 0.15) is 54.0 Å². The van der Waals surface area contributed by atoms with Crippen LogP contribution in [0.2, 0.25) is 0 Å². The number of carbonyl (C=O) groups excluding carboxylic acids is 1. The fourth-order valence-electron chi connectivity index (χ4n) is 3.90. The zero-order valence-corrected chi connectivity index (χ0v) is 17.8. The number of thiazole rings is 1. The molecule has 26 heavy (non-hydrogen) atoms. The molecule has 2 N–H and O–H groups in total. The van der Waals surface area contributed by atoms with E-state index in [1.165, 1.54) is 38.6 Å². The van der Waals surface area contributed by atoms with Crippen LogP contribution in [-0.2, 0) is 6.42 Å². The highest BCUT2D eigenvalue weighted by molar-refractivity contribution is 7.09. The Labute approximate surface area is 173 Å². The maximum absolute atomic E-state index is 12.7. The van der Waals surface area contributed by atoms with Gasteiger partial charge in [0.1, 0.15) is 5.69 Å². The van der Waals surface area contributed by atoms with Crippen LogP contribution in [0.15, 0.2) is 5.38 Å². The van der Waals surface area contributed by atoms with E-state index in [1.54, 1.807) is 11.3 Å². The Morgan fingerprint density at radius 3 is 2.62 bits per heavy atom. The summed E-state index contributed by atoms with van der Waals surface area (Å²) in [5.74, 6) is 0.965. The average molecular weight is 423 g/mol. The lowest BCUT2D eigenvalue weighted by Gasteiger charge is -2.28. The van der Waals surface area contributed by atoms with E-state index in [1.807, 2.05) is 10.3 Å². The first-order chi connectivity index (χ1) is 11.8. The van der Waals surface area contributed by atoms with Crippen LogP contribution in [-0.4, -0.2) is 60.0 Å². The zero-order valence-electron chi connectivity index (χ0n) is 15.4. The Hall–Kier alpha value is -0.400. The predicted molar refractivity (Wildman–Crippen MR) is 113 cm³/mol. The van der Waals surface area contributed by atoms with Crippen molar-refractivity contribution in [3.63, 3.8) is 0 Å². The maximum Gasteiger partial charge on any atom is 0.273 e. The molecular formula is C18H32Cl2N4OS. The molecule has 0 spiro atoms. The summed E-state index contributed by atoms with van der Waals surface area (Å²) in [5, 5.41) is 2.85. The van der Waals surface area contributed by atoms with Gasteiger partial charge in [0, 0.05) is 38.0 Å². The lowest BCUT2D eigenvalue weighted by Crippen LogP contribution is -2.37. The summed E-state index contributed by atoms with van der Waals surface area (Å²) in [7, 11) is 0. The standard InChI is InChI=1S/C18H30N4OS.2ClH/c19-8-7-17-20-16(14-24-17)18(23)22-10-4-9-21(11-12-22)13-15-5-2-1-3-6-15;;/h14-15H,1-13,19H2;2*1H. The van der Waals surface area contributed by atoms with Crippen LogP contribution >= 0.6 is 36.2 Å². The fraction of sp³-hybridized carbons (Fsp3) is 0.778. The van der Waals surface area contributed by atoms with Crippen molar-refractivity contribution in [1.29, 1.82) is 0 Å². The van der Waals surface area contributed by atoms with Crippen LogP contribution in [0.3, 0.4) is 0 Å². The van der Waals surface area contributed by atoms with Crippen molar-refractivity contribution >= 4 is 42.1 Å². The van der Waals surface area contributed by atoms with Crippen LogP contribution in [0.4, 0.5) is 0 Å². The Morgan fingerprint density at radius 2 is 1.88 bits per heavy atom. The van der Waals surface area contributed by atoms with E-state index in [4.69, 9.17) is 5.73 Å². The highest BCUT2D eigenvalue weighted by Gasteiger charge is 2.24. The van der Waals surface area contributed by atoms with Crippen molar-refractivity contribution in [1.82, 2.24) is 14.8 Å². The van der Waals surface area contributed by atoms with Crippen molar-refractivity contribution < 1.29 is 4.79 Å². The normalized spacial score (nSPS) is 19.3. The quantitative estimate of drug-likeness (QED) is 0.790. The number of rotatable bonds is 5. The molecule has 1 saturated heterocycles. The van der Waals surface area contributed by atoms with Gasteiger partial charge >= 0.3 is 0 Å². The van der Waals surface area contributed by atoms with Gasteiger partial charge in [-0.2, -0.15) is 0 Å². The lowest BCUT2D eigenvalue weighted by atomic mass is 9.89. The fourth-order valence-corrected chi connectivity index (χ4v) is 4.69. The molecule has 8 heteroatoms. The minimum atomic E-state index is 0. The minimum Gasteiger partial charge on any atom is -0.336 e. The summed E-state index contributed by atoms with van der Waals surface area (Å²) in [6, 6.07) is 0. The minimum absolute atomic E-state index is 0. The van der Waals surface area contributed by atoms with Crippen molar-refractivity contribution in [2.45, 2.75) is 44.9 Å². The summed E-state index contributed by atoms with van der Waals surface area (Å²) in [6.45, 7) is 5.61. The summed E-state index contributed by atoms with van der Waals surface area (Å²) in [6.07, 6.45) is 8.82. The molecule has 0 atom stereocenters. The Bertz CT molecular complexity index is 537. The van der Waals surface area contributed by atoms with Crippen LogP contribution in [0.5, 0.6) is 0 Å². The molecule has 1 saturated carbocycles. The Morgan fingerprint density at radius 1 is 1.12 bits per heavy atom. The van der Waals surface area contributed by atoms with E-state index in [0.717, 1.165) is 49.9 Å². The second kappa shape index (κ2) is 12.1. The molecule has 1 aliphatic heterocycles. The van der Waals surface area contributed by atoms with E-state index < -0.39 is 0 Å². The first-order valence-electron chi connectivity index (χ1n) is 9.42. The predicted octanol–water partition coefficient (Wildman–Crippen LogP) is 3.22. The summed E-state index contributed by atoms with van der Waals surface area (Å²) >= 11 is 1.55. The molecule has 1 aromatic rings. The molecule has 2 fully saturated rings. The van der Waals surface area contributed by atoms with Gasteiger partial charge < -0.3 is 15.5 Å². The van der Waals surface area contributed by atoms with Crippen LogP contribution < -0.4 is 5.73 Å². The number of nitrogens with zero attached hydrogens (tertiary/aromatic N) is 3. The maximum atomic E-state index is 12.7. The number of hydrogen-bond acceptors (Lipinski definition) is 5. The van der Waals surface area contributed by atoms with Gasteiger partial charge in [-0.1, -0.05) is 19.3 Å². The molecule has 2 aliphatic rings. The van der Waals surface area contributed by atoms with Gasteiger partial charge in [0.2, 0.25) is 0 Å². The van der Waals surface area contributed by atoms with Crippen LogP contribution in [0.25, 0.3) is 0 Å². The van der Waals surface area contributed by atoms with Gasteiger partial charge in [0.25, 0.3) is 5.91 Å². The van der Waals surface area contributed by atoms with Gasteiger partial charge in [-0.15, -0.1) is 36.2 Å². The largest absolute Gasteiger partial charge is 0.336 e. The molecular weight excluding hydrogens is 391 g/mol. The molecule has 150 valence electrons. The molecule has 5 nitrogen and oxygen atoms in total. The van der Waals surface area contributed by atoms with E-state index in [2.05, 4.69) is 9.88 Å². The van der Waals surface area contributed by atoms with Crippen molar-refractivity contribution in [2.24, 2.45) is 11.7 Å². The molecule has 0 radical (unpaired) electrons. The number of hydrogen-bond donors (Lipinski definition) is 1. The molecule has 1 amide bonds. The molecule has 0 bridgehead atoms. The van der Waals surface area contributed by atoms with Gasteiger partial charge in [-0.05, 0) is 38.3 Å². The number of amides is 1. The second-order valence-corrected chi connectivity index (χ2v) is 8.06. The summed E-state index contributed by atoms with van der Waals surface area (Å²) in [5.41, 5.74) is 6.17. The smallest absolute Gasteiger partial charge is 0.273 e. The summed E-state index contributed by atoms with van der Waals surface area (Å²) in [4.78, 5) is 21.7. The van der Waals surface area contributed by atoms with Crippen molar-refractivity contribution in [3.8, 4) is 0 Å². The van der Waals surface area contributed by atoms with E-state index in [-0.39, 0.29) is 30.7 Å². The van der Waals surface area contributed by atoms with E-state index in [9.17, 15) is 4.79 Å². The topological polar surface area (TPSA) is 62.5 Å². The zero-order chi connectivity index (χ0) is 16.8. The SMILES string of the molecule is Cl.Cl.NCCc1nc(C(=O)N2CCCN(CC3CCCCC3)CC2)cs1. The van der Waals surface area contributed by atoms with Crippen LogP contribution in [0, 0.1) is 5.92 Å². The van der Waals surface area contributed by atoms with Gasteiger partial charge in [-0.25, -0.2) is 4.98 Å². The van der Waals surface area contributed by atoms with Crippen molar-refractivity contribution in [2.75, 3.05) is 39.3 Å². The average Bonchev–Trinajstić information content (AvgIpc) is 2.94. The molecule has 3 rings (SSSR count). The third-order valence-electron chi connectivity index (χ3n) is 5.25. The van der Waals surface area contributed by atoms with E-state index >= 15 is 0 Å². The number of aromatic nitrogens is 1. The third kappa shape index (κ3) is 6.64. The number of carbonyl (C=O) groups is 1. The first kappa shape index (κ1) is 23.6. The highest BCUT2D eigenvalue weighted by atomic mass is 35.5. The Balaban J connectivity index is 0.00000169. The number of nitrogens with two attached hydrogens (primary N) is 1. The number of halogens is 2. The monoisotopic (exact) mass is 422 g/mol. The van der Waals surface area contributed by atoms with Crippen molar-refractivity contribution in [3.05, 3.63) is 16.1 Å². The lowest BCUT2D eigenvalue weighted by molar-refractivity contribution is 0.0754. The van der Waals surface area contributed by atoms with Gasteiger partial charge in [-0.3, -0.25) is 4.79 Å². The van der Waals surface area contributed by atoms with E-state index in [0.29, 0.717) is 12.2 Å². The molecule has 1 aliphatic carbocycles. The molecule has 1 aromatic heterocycles.